The van der Waals surface area contributed by atoms with Gasteiger partial charge >= 0.3 is 5.97 Å². The Labute approximate surface area is 202 Å². The lowest BCUT2D eigenvalue weighted by molar-refractivity contribution is -0.0366. The smallest absolute Gasteiger partial charge is 0.356 e. The lowest BCUT2D eigenvalue weighted by Crippen LogP contribution is -2.32. The molecule has 5 rings (SSSR count). The number of carbonyl (C=O) groups excluding carboxylic acids is 1. The first-order valence-electron chi connectivity index (χ1n) is 11.4. The first kappa shape index (κ1) is 22.4. The van der Waals surface area contributed by atoms with E-state index >= 15 is 0 Å². The second kappa shape index (κ2) is 9.12. The molecule has 1 fully saturated rings. The number of carbonyl (C=O) groups is 1. The number of rotatable bonds is 4. The first-order valence-corrected chi connectivity index (χ1v) is 12.1. The molecule has 9 heteroatoms. The standard InChI is InChI=1S/C24H26Cl2N4O3/c1-3-32-24(31)18-11-17(25)15-7-8-29(13-19(15)28-18)23-16-12-27-30(21-6-4-5-9-33-21)20(16)10-14(2)22(23)26/h10-12,21H,3-9,13H2,1-2H3. The van der Waals surface area contributed by atoms with E-state index in [1.165, 1.54) is 0 Å². The van der Waals surface area contributed by atoms with E-state index in [0.29, 0.717) is 23.0 Å². The van der Waals surface area contributed by atoms with Gasteiger partial charge in [0.1, 0.15) is 5.69 Å². The van der Waals surface area contributed by atoms with Crippen LogP contribution in [-0.4, -0.2) is 40.5 Å². The van der Waals surface area contributed by atoms with Gasteiger partial charge in [-0.1, -0.05) is 23.2 Å². The summed E-state index contributed by atoms with van der Waals surface area (Å²) in [7, 11) is 0. The van der Waals surface area contributed by atoms with Crippen molar-refractivity contribution in [2.75, 3.05) is 24.7 Å². The van der Waals surface area contributed by atoms with Crippen LogP contribution in [0.15, 0.2) is 18.3 Å². The lowest BCUT2D eigenvalue weighted by atomic mass is 10.0. The highest BCUT2D eigenvalue weighted by Crippen LogP contribution is 2.41. The van der Waals surface area contributed by atoms with E-state index in [1.807, 2.05) is 17.8 Å². The third-order valence-electron chi connectivity index (χ3n) is 6.35. The number of benzene rings is 1. The Balaban J connectivity index is 1.55. The van der Waals surface area contributed by atoms with Gasteiger partial charge in [0.05, 0.1) is 41.3 Å². The average molecular weight is 489 g/mol. The fraction of sp³-hybridized carbons (Fsp3) is 0.458. The van der Waals surface area contributed by atoms with Gasteiger partial charge in [0.15, 0.2) is 6.23 Å². The maximum absolute atomic E-state index is 12.3. The van der Waals surface area contributed by atoms with E-state index in [4.69, 9.17) is 32.7 Å². The van der Waals surface area contributed by atoms with E-state index in [-0.39, 0.29) is 18.5 Å². The highest BCUT2D eigenvalue weighted by Gasteiger charge is 2.28. The summed E-state index contributed by atoms with van der Waals surface area (Å²) in [6, 6.07) is 3.68. The summed E-state index contributed by atoms with van der Waals surface area (Å²) in [5.41, 5.74) is 4.88. The Morgan fingerprint density at radius 2 is 2.15 bits per heavy atom. The summed E-state index contributed by atoms with van der Waals surface area (Å²) in [5.74, 6) is -0.468. The van der Waals surface area contributed by atoms with Crippen molar-refractivity contribution >= 4 is 45.8 Å². The SMILES string of the molecule is CCOC(=O)c1cc(Cl)c2c(n1)CN(c1c(Cl)c(C)cc3c1cnn3C1CCCCO1)CC2. The van der Waals surface area contributed by atoms with Crippen molar-refractivity contribution in [3.8, 4) is 0 Å². The summed E-state index contributed by atoms with van der Waals surface area (Å²) in [4.78, 5) is 19.1. The zero-order chi connectivity index (χ0) is 23.1. The summed E-state index contributed by atoms with van der Waals surface area (Å²) < 4.78 is 13.1. The van der Waals surface area contributed by atoms with Gasteiger partial charge in [-0.25, -0.2) is 14.5 Å². The molecule has 2 aliphatic rings. The molecule has 2 aromatic heterocycles. The molecule has 174 valence electrons. The van der Waals surface area contributed by atoms with Crippen LogP contribution in [0.2, 0.25) is 10.0 Å². The molecule has 1 saturated heterocycles. The van der Waals surface area contributed by atoms with Crippen molar-refractivity contribution in [3.05, 3.63) is 50.9 Å². The molecule has 4 heterocycles. The topological polar surface area (TPSA) is 69.5 Å². The van der Waals surface area contributed by atoms with Gasteiger partial charge < -0.3 is 14.4 Å². The molecule has 0 spiro atoms. The van der Waals surface area contributed by atoms with Gasteiger partial charge in [0.2, 0.25) is 0 Å². The van der Waals surface area contributed by atoms with Crippen LogP contribution in [0.5, 0.6) is 0 Å². The van der Waals surface area contributed by atoms with E-state index in [1.54, 1.807) is 13.0 Å². The maximum Gasteiger partial charge on any atom is 0.356 e. The number of aromatic nitrogens is 3. The Morgan fingerprint density at radius 1 is 1.30 bits per heavy atom. The molecule has 1 atom stereocenters. The van der Waals surface area contributed by atoms with Gasteiger partial charge in [0.25, 0.3) is 0 Å². The molecule has 0 N–H and O–H groups in total. The largest absolute Gasteiger partial charge is 0.461 e. The number of pyridine rings is 1. The van der Waals surface area contributed by atoms with E-state index in [0.717, 1.165) is 65.8 Å². The molecule has 3 aromatic rings. The van der Waals surface area contributed by atoms with E-state index in [9.17, 15) is 4.79 Å². The zero-order valence-corrected chi connectivity index (χ0v) is 20.2. The minimum absolute atomic E-state index is 0.0561. The zero-order valence-electron chi connectivity index (χ0n) is 18.7. The molecule has 0 radical (unpaired) electrons. The number of anilines is 1. The Morgan fingerprint density at radius 3 is 2.91 bits per heavy atom. The van der Waals surface area contributed by atoms with Crippen molar-refractivity contribution in [2.24, 2.45) is 0 Å². The highest BCUT2D eigenvalue weighted by molar-refractivity contribution is 6.35. The van der Waals surface area contributed by atoms with Crippen LogP contribution in [0.4, 0.5) is 5.69 Å². The second-order valence-corrected chi connectivity index (χ2v) is 9.29. The van der Waals surface area contributed by atoms with Crippen molar-refractivity contribution in [1.82, 2.24) is 14.8 Å². The number of nitrogens with zero attached hydrogens (tertiary/aromatic N) is 4. The summed E-state index contributed by atoms with van der Waals surface area (Å²) in [6.07, 6.45) is 5.68. The quantitative estimate of drug-likeness (QED) is 0.452. The molecule has 0 amide bonds. The first-order chi connectivity index (χ1) is 16.0. The van der Waals surface area contributed by atoms with Gasteiger partial charge in [-0.3, -0.25) is 0 Å². The Bertz CT molecular complexity index is 1220. The number of esters is 1. The van der Waals surface area contributed by atoms with Gasteiger partial charge in [-0.15, -0.1) is 0 Å². The van der Waals surface area contributed by atoms with Crippen LogP contribution in [0.3, 0.4) is 0 Å². The number of ether oxygens (including phenoxy) is 2. The van der Waals surface area contributed by atoms with Crippen LogP contribution in [-0.2, 0) is 22.4 Å². The number of halogens is 2. The molecular weight excluding hydrogens is 463 g/mol. The summed E-state index contributed by atoms with van der Waals surface area (Å²) in [6.45, 7) is 6.04. The highest BCUT2D eigenvalue weighted by atomic mass is 35.5. The lowest BCUT2D eigenvalue weighted by Gasteiger charge is -2.32. The van der Waals surface area contributed by atoms with Crippen LogP contribution >= 0.6 is 23.2 Å². The molecule has 1 unspecified atom stereocenters. The summed E-state index contributed by atoms with van der Waals surface area (Å²) >= 11 is 13.4. The maximum atomic E-state index is 12.3. The van der Waals surface area contributed by atoms with Gasteiger partial charge in [-0.05, 0) is 62.8 Å². The van der Waals surface area contributed by atoms with Gasteiger partial charge in [0, 0.05) is 23.6 Å². The van der Waals surface area contributed by atoms with Crippen LogP contribution < -0.4 is 4.90 Å². The van der Waals surface area contributed by atoms with Crippen LogP contribution in [0.1, 0.15) is 59.7 Å². The predicted octanol–water partition coefficient (Wildman–Crippen LogP) is 5.49. The normalized spacial score (nSPS) is 18.4. The Hall–Kier alpha value is -2.35. The number of aryl methyl sites for hydroxylation is 1. The molecule has 2 aliphatic heterocycles. The van der Waals surface area contributed by atoms with Crippen molar-refractivity contribution in [3.63, 3.8) is 0 Å². The van der Waals surface area contributed by atoms with Crippen LogP contribution in [0, 0.1) is 6.92 Å². The molecule has 1 aromatic carbocycles. The molecule has 0 aliphatic carbocycles. The van der Waals surface area contributed by atoms with E-state index < -0.39 is 5.97 Å². The Kier molecular flexibility index (Phi) is 6.20. The number of hydrogen-bond donors (Lipinski definition) is 0. The molecular formula is C24H26Cl2N4O3. The number of fused-ring (bicyclic) bond motifs is 2. The van der Waals surface area contributed by atoms with Crippen molar-refractivity contribution < 1.29 is 14.3 Å². The van der Waals surface area contributed by atoms with Crippen molar-refractivity contribution in [1.29, 1.82) is 0 Å². The second-order valence-electron chi connectivity index (χ2n) is 8.51. The molecule has 33 heavy (non-hydrogen) atoms. The number of hydrogen-bond acceptors (Lipinski definition) is 6. The summed E-state index contributed by atoms with van der Waals surface area (Å²) in [5, 5.41) is 6.91. The minimum Gasteiger partial charge on any atom is -0.461 e. The molecule has 7 nitrogen and oxygen atoms in total. The average Bonchev–Trinajstić information content (AvgIpc) is 3.23. The minimum atomic E-state index is -0.468. The molecule has 0 bridgehead atoms. The predicted molar refractivity (Wildman–Crippen MR) is 128 cm³/mol. The fourth-order valence-electron chi connectivity index (χ4n) is 4.72. The van der Waals surface area contributed by atoms with Gasteiger partial charge in [-0.2, -0.15) is 5.10 Å². The third kappa shape index (κ3) is 4.07. The monoisotopic (exact) mass is 488 g/mol. The van der Waals surface area contributed by atoms with E-state index in [2.05, 4.69) is 21.0 Å². The van der Waals surface area contributed by atoms with Crippen molar-refractivity contribution in [2.45, 2.75) is 52.3 Å². The molecule has 0 saturated carbocycles. The fourth-order valence-corrected chi connectivity index (χ4v) is 5.30. The third-order valence-corrected chi connectivity index (χ3v) is 7.17. The van der Waals surface area contributed by atoms with Crippen LogP contribution in [0.25, 0.3) is 10.9 Å².